The first kappa shape index (κ1) is 36.3. The van der Waals surface area contributed by atoms with E-state index in [1.807, 2.05) is 4.90 Å². The normalized spacial score (nSPS) is 22.5. The number of carbonyl (C=O) groups excluding carboxylic acids is 6. The van der Waals surface area contributed by atoms with Crippen LogP contribution in [0.2, 0.25) is 5.02 Å². The summed E-state index contributed by atoms with van der Waals surface area (Å²) in [5.74, 6) is -1.91. The highest BCUT2D eigenvalue weighted by Crippen LogP contribution is 2.48. The molecule has 286 valence electrons. The summed E-state index contributed by atoms with van der Waals surface area (Å²) in [5, 5.41) is 5.64. The number of anilines is 3. The van der Waals surface area contributed by atoms with Crippen LogP contribution in [0.5, 0.6) is 0 Å². The molecule has 14 nitrogen and oxygen atoms in total. The number of pyridine rings is 1. The quantitative estimate of drug-likeness (QED) is 0.306. The standard InChI is InChI=1S/C38H36ClF2N7O7/c39-27-8-10-42-33-32(27)38(20-43-33,16-29(40)41)22-2-1-3-24(14-22)47-12-11-45(19-31(47)50)37(54)55-13-9-21-17-46(18-21)23-4-5-25-26(15-23)36(53)48(35(25)52)28-6-7-30(49)44-34(28)51/h1-5,8,10,14-15,21,28-29H,6-7,9,11-13,16-20H2,(H,42,43)(H,44,49,51). The molecule has 5 aliphatic heterocycles. The summed E-state index contributed by atoms with van der Waals surface area (Å²) in [6, 6.07) is 12.4. The number of alkyl halides is 2. The van der Waals surface area contributed by atoms with Crippen molar-refractivity contribution in [1.82, 2.24) is 20.1 Å². The topological polar surface area (TPSA) is 162 Å². The number of ether oxygens (including phenoxy) is 1. The Kier molecular flexibility index (Phi) is 9.39. The van der Waals surface area contributed by atoms with E-state index in [1.54, 1.807) is 48.5 Å². The molecule has 0 radical (unpaired) electrons. The maximum absolute atomic E-state index is 14.0. The lowest BCUT2D eigenvalue weighted by molar-refractivity contribution is -0.136. The number of halogens is 3. The number of hydrogen-bond acceptors (Lipinski definition) is 10. The zero-order valence-electron chi connectivity index (χ0n) is 29.4. The van der Waals surface area contributed by atoms with Crippen LogP contribution in [0, 0.1) is 5.92 Å². The van der Waals surface area contributed by atoms with E-state index in [0.29, 0.717) is 47.2 Å². The Morgan fingerprint density at radius 1 is 1.00 bits per heavy atom. The smallest absolute Gasteiger partial charge is 0.410 e. The van der Waals surface area contributed by atoms with Gasteiger partial charge in [0.05, 0.1) is 17.7 Å². The van der Waals surface area contributed by atoms with Crippen LogP contribution in [0.3, 0.4) is 0 Å². The van der Waals surface area contributed by atoms with Crippen LogP contribution in [0.1, 0.15) is 57.5 Å². The molecule has 2 N–H and O–H groups in total. The zero-order valence-corrected chi connectivity index (χ0v) is 30.2. The molecular weight excluding hydrogens is 740 g/mol. The zero-order chi connectivity index (χ0) is 38.6. The number of aromatic nitrogens is 1. The van der Waals surface area contributed by atoms with Crippen molar-refractivity contribution in [3.63, 3.8) is 0 Å². The van der Waals surface area contributed by atoms with Crippen LogP contribution < -0.4 is 20.4 Å². The van der Waals surface area contributed by atoms with Crippen LogP contribution >= 0.6 is 11.6 Å². The average molecular weight is 776 g/mol. The third-order valence-electron chi connectivity index (χ3n) is 11.1. The molecule has 55 heavy (non-hydrogen) atoms. The molecule has 1 aromatic heterocycles. The van der Waals surface area contributed by atoms with Crippen molar-refractivity contribution < 1.29 is 42.3 Å². The highest BCUT2D eigenvalue weighted by molar-refractivity contribution is 6.32. The van der Waals surface area contributed by atoms with E-state index in [9.17, 15) is 37.5 Å². The number of benzene rings is 2. The molecule has 0 bridgehead atoms. The Hall–Kier alpha value is -5.64. The number of nitrogens with one attached hydrogen (secondary N) is 2. The van der Waals surface area contributed by atoms with Gasteiger partial charge in [0, 0.05) is 79.1 Å². The van der Waals surface area contributed by atoms with Crippen molar-refractivity contribution in [3.05, 3.63) is 82.0 Å². The lowest BCUT2D eigenvalue weighted by Crippen LogP contribution is -2.54. The van der Waals surface area contributed by atoms with Gasteiger partial charge >= 0.3 is 6.09 Å². The Bertz CT molecular complexity index is 2130. The van der Waals surface area contributed by atoms with Gasteiger partial charge in [-0.05, 0) is 60.7 Å². The number of imide groups is 2. The first-order chi connectivity index (χ1) is 26.4. The van der Waals surface area contributed by atoms with E-state index in [4.69, 9.17) is 16.3 Å². The van der Waals surface area contributed by atoms with E-state index in [1.165, 1.54) is 16.0 Å². The molecule has 0 aliphatic carbocycles. The number of nitrogens with zero attached hydrogens (tertiary/aromatic N) is 5. The highest BCUT2D eigenvalue weighted by Gasteiger charge is 2.47. The molecule has 2 atom stereocenters. The lowest BCUT2D eigenvalue weighted by atomic mass is 9.74. The fraction of sp³-hybridized carbons (Fsp3) is 0.395. The molecule has 5 aliphatic rings. The molecule has 6 amide bonds. The third-order valence-corrected chi connectivity index (χ3v) is 11.4. The van der Waals surface area contributed by atoms with Gasteiger partial charge in [0.25, 0.3) is 11.8 Å². The van der Waals surface area contributed by atoms with Gasteiger partial charge in [0.1, 0.15) is 18.4 Å². The van der Waals surface area contributed by atoms with Gasteiger partial charge < -0.3 is 19.9 Å². The first-order valence-electron chi connectivity index (χ1n) is 18.0. The van der Waals surface area contributed by atoms with Crippen molar-refractivity contribution in [2.75, 3.05) is 61.0 Å². The predicted octanol–water partition coefficient (Wildman–Crippen LogP) is 3.81. The van der Waals surface area contributed by atoms with Gasteiger partial charge in [-0.1, -0.05) is 23.7 Å². The van der Waals surface area contributed by atoms with E-state index < -0.39 is 54.0 Å². The van der Waals surface area contributed by atoms with Gasteiger partial charge in [0.2, 0.25) is 24.1 Å². The fourth-order valence-corrected chi connectivity index (χ4v) is 8.58. The fourth-order valence-electron chi connectivity index (χ4n) is 8.25. The molecule has 0 saturated carbocycles. The third kappa shape index (κ3) is 6.51. The van der Waals surface area contributed by atoms with Crippen LogP contribution in [0.25, 0.3) is 0 Å². The number of rotatable bonds is 9. The molecule has 6 heterocycles. The molecule has 2 aromatic carbocycles. The molecule has 8 rings (SSSR count). The number of carbonyl (C=O) groups is 6. The maximum atomic E-state index is 14.0. The highest BCUT2D eigenvalue weighted by atomic mass is 35.5. The lowest BCUT2D eigenvalue weighted by Gasteiger charge is -2.41. The van der Waals surface area contributed by atoms with E-state index >= 15 is 0 Å². The molecule has 2 unspecified atom stereocenters. The summed E-state index contributed by atoms with van der Waals surface area (Å²) in [4.78, 5) is 86.5. The van der Waals surface area contributed by atoms with Gasteiger partial charge in [-0.2, -0.15) is 0 Å². The minimum Gasteiger partial charge on any atom is -0.449 e. The molecular formula is C38H36ClF2N7O7. The van der Waals surface area contributed by atoms with Crippen LogP contribution in [-0.4, -0.2) is 109 Å². The van der Waals surface area contributed by atoms with Crippen molar-refractivity contribution in [1.29, 1.82) is 0 Å². The van der Waals surface area contributed by atoms with Gasteiger partial charge in [-0.3, -0.25) is 39.1 Å². The monoisotopic (exact) mass is 775 g/mol. The largest absolute Gasteiger partial charge is 0.449 e. The summed E-state index contributed by atoms with van der Waals surface area (Å²) in [6.45, 7) is 1.78. The van der Waals surface area contributed by atoms with Gasteiger partial charge in [-0.15, -0.1) is 0 Å². The number of hydrogen-bond donors (Lipinski definition) is 2. The Labute approximate surface area is 318 Å². The maximum Gasteiger partial charge on any atom is 0.410 e. The van der Waals surface area contributed by atoms with Crippen LogP contribution in [-0.2, 0) is 24.5 Å². The van der Waals surface area contributed by atoms with Gasteiger partial charge in [-0.25, -0.2) is 18.6 Å². The average Bonchev–Trinajstić information content (AvgIpc) is 3.63. The van der Waals surface area contributed by atoms with Crippen LogP contribution in [0.15, 0.2) is 54.7 Å². The van der Waals surface area contributed by atoms with Crippen molar-refractivity contribution >= 4 is 64.4 Å². The second-order valence-electron chi connectivity index (χ2n) is 14.4. The summed E-state index contributed by atoms with van der Waals surface area (Å²) in [6.07, 6.45) is -1.50. The second-order valence-corrected chi connectivity index (χ2v) is 14.8. The molecule has 3 saturated heterocycles. The van der Waals surface area contributed by atoms with Crippen LogP contribution in [0.4, 0.5) is 30.8 Å². The van der Waals surface area contributed by atoms with Crippen molar-refractivity contribution in [2.24, 2.45) is 5.92 Å². The second kappa shape index (κ2) is 14.2. The number of fused-ring (bicyclic) bond motifs is 2. The molecule has 0 spiro atoms. The predicted molar refractivity (Wildman–Crippen MR) is 194 cm³/mol. The number of amides is 6. The summed E-state index contributed by atoms with van der Waals surface area (Å²) >= 11 is 6.52. The number of piperidine rings is 1. The SMILES string of the molecule is O=C1CCC(N2C(=O)c3ccc(N4CC(CCOC(=O)N5CCN(c6cccc(C7(CC(F)F)CNc8nccc(Cl)c87)c6)C(=O)C5)C4)cc3C2=O)C(=O)N1. The summed E-state index contributed by atoms with van der Waals surface area (Å²) < 4.78 is 33.6. The van der Waals surface area contributed by atoms with E-state index in [0.717, 1.165) is 10.6 Å². The minimum absolute atomic E-state index is 0.0442. The van der Waals surface area contributed by atoms with Crippen molar-refractivity contribution in [3.8, 4) is 0 Å². The van der Waals surface area contributed by atoms with E-state index in [-0.39, 0.29) is 68.6 Å². The first-order valence-corrected chi connectivity index (χ1v) is 18.4. The number of piperazine rings is 1. The van der Waals surface area contributed by atoms with Crippen molar-refractivity contribution in [2.45, 2.75) is 43.6 Å². The Morgan fingerprint density at radius 3 is 2.56 bits per heavy atom. The summed E-state index contributed by atoms with van der Waals surface area (Å²) in [7, 11) is 0. The molecule has 3 fully saturated rings. The van der Waals surface area contributed by atoms with Gasteiger partial charge in [0.15, 0.2) is 0 Å². The Balaban J connectivity index is 0.827. The molecule has 17 heteroatoms. The Morgan fingerprint density at radius 2 is 1.80 bits per heavy atom. The van der Waals surface area contributed by atoms with E-state index in [2.05, 4.69) is 15.6 Å². The summed E-state index contributed by atoms with van der Waals surface area (Å²) in [5.41, 5.74) is 1.62. The molecule has 3 aromatic rings. The minimum atomic E-state index is -2.63.